The highest BCUT2D eigenvalue weighted by Gasteiger charge is 2.22. The van der Waals surface area contributed by atoms with Gasteiger partial charge in [0.1, 0.15) is 5.75 Å². The van der Waals surface area contributed by atoms with Crippen molar-refractivity contribution in [3.8, 4) is 27.4 Å². The van der Waals surface area contributed by atoms with E-state index in [1.165, 1.54) is 4.88 Å². The lowest BCUT2D eigenvalue weighted by atomic mass is 9.96. The number of phenolic OH excluding ortho intramolecular Hbond substituents is 1. The summed E-state index contributed by atoms with van der Waals surface area (Å²) in [5, 5.41) is 13.0. The Balaban J connectivity index is 1.50. The molecule has 0 bridgehead atoms. The number of aryl methyl sites for hydroxylation is 2. The first-order chi connectivity index (χ1) is 14.6. The Labute approximate surface area is 177 Å². The molecule has 148 valence electrons. The number of aromatic hydroxyl groups is 1. The number of nitrogens with zero attached hydrogens (tertiary/aromatic N) is 2. The number of carbonyl (C=O) groups is 1. The monoisotopic (exact) mass is 414 g/mol. The Morgan fingerprint density at radius 3 is 2.80 bits per heavy atom. The van der Waals surface area contributed by atoms with Gasteiger partial charge in [-0.1, -0.05) is 18.2 Å². The molecule has 2 aromatic carbocycles. The van der Waals surface area contributed by atoms with Crippen LogP contribution in [-0.2, 0) is 12.8 Å². The van der Waals surface area contributed by atoms with Crippen LogP contribution in [0.4, 0.5) is 11.6 Å². The molecule has 1 aliphatic rings. The van der Waals surface area contributed by atoms with E-state index >= 15 is 0 Å². The molecule has 0 atom stereocenters. The van der Waals surface area contributed by atoms with E-state index in [0.29, 0.717) is 17.2 Å². The molecule has 1 aliphatic carbocycles. The van der Waals surface area contributed by atoms with E-state index in [4.69, 9.17) is 10.7 Å². The molecule has 0 radical (unpaired) electrons. The predicted octanol–water partition coefficient (Wildman–Crippen LogP) is 4.52. The van der Waals surface area contributed by atoms with E-state index in [-0.39, 0.29) is 5.75 Å². The number of rotatable bonds is 4. The van der Waals surface area contributed by atoms with E-state index in [1.54, 1.807) is 41.7 Å². The Morgan fingerprint density at radius 2 is 1.97 bits per heavy atom. The molecule has 0 saturated carbocycles. The van der Waals surface area contributed by atoms with Crippen molar-refractivity contribution in [3.63, 3.8) is 0 Å². The topological polar surface area (TPSA) is 101 Å². The van der Waals surface area contributed by atoms with Gasteiger partial charge in [-0.05, 0) is 60.4 Å². The van der Waals surface area contributed by atoms with Gasteiger partial charge in [-0.2, -0.15) is 0 Å². The number of nitrogens with one attached hydrogen (secondary N) is 1. The van der Waals surface area contributed by atoms with Crippen molar-refractivity contribution in [1.82, 2.24) is 9.97 Å². The Kier molecular flexibility index (Phi) is 4.44. The van der Waals surface area contributed by atoms with Crippen LogP contribution in [0.1, 0.15) is 20.8 Å². The molecule has 4 aromatic rings. The van der Waals surface area contributed by atoms with Crippen LogP contribution in [0.5, 0.6) is 5.75 Å². The van der Waals surface area contributed by atoms with E-state index in [1.807, 2.05) is 24.4 Å². The quantitative estimate of drug-likeness (QED) is 0.456. The molecule has 0 aliphatic heterocycles. The van der Waals surface area contributed by atoms with Gasteiger partial charge in [0.15, 0.2) is 0 Å². The zero-order valence-corrected chi connectivity index (χ0v) is 16.7. The minimum atomic E-state index is -0.479. The number of benzene rings is 2. The predicted molar refractivity (Wildman–Crippen MR) is 118 cm³/mol. The molecule has 0 saturated heterocycles. The number of anilines is 2. The summed E-state index contributed by atoms with van der Waals surface area (Å²) in [5.74, 6) is 0.243. The van der Waals surface area contributed by atoms with Crippen molar-refractivity contribution in [3.05, 3.63) is 76.8 Å². The van der Waals surface area contributed by atoms with Gasteiger partial charge in [0.05, 0.1) is 5.69 Å². The van der Waals surface area contributed by atoms with Crippen LogP contribution in [0.3, 0.4) is 0 Å². The fraction of sp³-hybridized carbons (Fsp3) is 0.0870. The van der Waals surface area contributed by atoms with E-state index in [0.717, 1.165) is 40.1 Å². The molecule has 30 heavy (non-hydrogen) atoms. The summed E-state index contributed by atoms with van der Waals surface area (Å²) in [7, 11) is 0. The van der Waals surface area contributed by atoms with Gasteiger partial charge in [-0.25, -0.2) is 9.97 Å². The second-order valence-electron chi connectivity index (χ2n) is 7.14. The van der Waals surface area contributed by atoms with Crippen molar-refractivity contribution < 1.29 is 9.90 Å². The minimum absolute atomic E-state index is 0.256. The first-order valence-corrected chi connectivity index (χ1v) is 10.3. The van der Waals surface area contributed by atoms with Crippen LogP contribution >= 0.6 is 11.3 Å². The van der Waals surface area contributed by atoms with Gasteiger partial charge in [-0.15, -0.1) is 11.3 Å². The van der Waals surface area contributed by atoms with Crippen molar-refractivity contribution in [2.45, 2.75) is 12.8 Å². The number of amides is 1. The molecular weight excluding hydrogens is 396 g/mol. The molecule has 7 heteroatoms. The maximum atomic E-state index is 11.4. The smallest absolute Gasteiger partial charge is 0.248 e. The summed E-state index contributed by atoms with van der Waals surface area (Å²) in [6.45, 7) is 0. The van der Waals surface area contributed by atoms with Crippen LogP contribution in [0.2, 0.25) is 0 Å². The summed E-state index contributed by atoms with van der Waals surface area (Å²) in [5.41, 5.74) is 10.6. The van der Waals surface area contributed by atoms with Gasteiger partial charge in [0, 0.05) is 32.8 Å². The highest BCUT2D eigenvalue weighted by molar-refractivity contribution is 7.16. The summed E-state index contributed by atoms with van der Waals surface area (Å²) in [4.78, 5) is 23.0. The normalized spacial score (nSPS) is 12.1. The largest absolute Gasteiger partial charge is 0.508 e. The minimum Gasteiger partial charge on any atom is -0.508 e. The lowest BCUT2D eigenvalue weighted by molar-refractivity contribution is 0.100. The highest BCUT2D eigenvalue weighted by Crippen LogP contribution is 2.42. The first-order valence-electron chi connectivity index (χ1n) is 9.52. The maximum absolute atomic E-state index is 11.4. The van der Waals surface area contributed by atoms with Crippen molar-refractivity contribution >= 4 is 28.9 Å². The Hall–Kier alpha value is -3.71. The van der Waals surface area contributed by atoms with Gasteiger partial charge < -0.3 is 16.2 Å². The number of carbonyl (C=O) groups excluding carboxylic acids is 1. The Morgan fingerprint density at radius 1 is 1.10 bits per heavy atom. The third-order valence-corrected chi connectivity index (χ3v) is 6.33. The molecule has 4 N–H and O–H groups in total. The average Bonchev–Trinajstić information content (AvgIpc) is 3.19. The van der Waals surface area contributed by atoms with Gasteiger partial charge in [0.25, 0.3) is 0 Å². The second-order valence-corrected chi connectivity index (χ2v) is 8.27. The van der Waals surface area contributed by atoms with Crippen LogP contribution < -0.4 is 11.1 Å². The third kappa shape index (κ3) is 3.40. The fourth-order valence-corrected chi connectivity index (χ4v) is 4.78. The van der Waals surface area contributed by atoms with Gasteiger partial charge in [-0.3, -0.25) is 4.79 Å². The molecule has 0 spiro atoms. The standard InChI is InChI=1S/C23H18N4O2S/c24-22(29)14-4-1-5-16(9-14)26-23-25-12-15-7-8-19-18(21(15)27-23)11-20(30-19)13-3-2-6-17(28)10-13/h1-6,9-12,28H,7-8H2,(H2,24,29)(H,25,26,27). The molecule has 1 amide bonds. The molecule has 2 heterocycles. The number of hydrogen-bond acceptors (Lipinski definition) is 6. The zero-order valence-electron chi connectivity index (χ0n) is 15.9. The fourth-order valence-electron chi connectivity index (χ4n) is 3.63. The molecule has 0 unspecified atom stereocenters. The molecule has 6 nitrogen and oxygen atoms in total. The summed E-state index contributed by atoms with van der Waals surface area (Å²) in [6.07, 6.45) is 3.69. The number of thiophene rings is 1. The van der Waals surface area contributed by atoms with Crippen LogP contribution in [0.25, 0.3) is 21.7 Å². The molecule has 2 aromatic heterocycles. The first kappa shape index (κ1) is 18.3. The van der Waals surface area contributed by atoms with Gasteiger partial charge in [0.2, 0.25) is 11.9 Å². The van der Waals surface area contributed by atoms with Crippen LogP contribution in [0, 0.1) is 0 Å². The lowest BCUT2D eigenvalue weighted by Crippen LogP contribution is -2.11. The highest BCUT2D eigenvalue weighted by atomic mass is 32.1. The van der Waals surface area contributed by atoms with E-state index in [2.05, 4.69) is 16.4 Å². The van der Waals surface area contributed by atoms with Gasteiger partial charge >= 0.3 is 0 Å². The number of primary amides is 1. The maximum Gasteiger partial charge on any atom is 0.248 e. The van der Waals surface area contributed by atoms with E-state index < -0.39 is 5.91 Å². The van der Waals surface area contributed by atoms with Crippen molar-refractivity contribution in [2.24, 2.45) is 5.73 Å². The van der Waals surface area contributed by atoms with Crippen LogP contribution in [0.15, 0.2) is 60.8 Å². The SMILES string of the molecule is NC(=O)c1cccc(Nc2ncc3c(n2)-c2cc(-c4cccc(O)c4)sc2CC3)c1. The number of nitrogens with two attached hydrogens (primary N) is 1. The van der Waals surface area contributed by atoms with E-state index in [9.17, 15) is 9.90 Å². The molecule has 5 rings (SSSR count). The number of aromatic nitrogens is 2. The van der Waals surface area contributed by atoms with Crippen molar-refractivity contribution in [1.29, 1.82) is 0 Å². The number of hydrogen-bond donors (Lipinski definition) is 3. The number of phenols is 1. The molecule has 0 fully saturated rings. The Bertz CT molecular complexity index is 1280. The summed E-state index contributed by atoms with van der Waals surface area (Å²) in [6, 6.07) is 16.4. The summed E-state index contributed by atoms with van der Waals surface area (Å²) < 4.78 is 0. The second kappa shape index (κ2) is 7.27. The lowest BCUT2D eigenvalue weighted by Gasteiger charge is -2.16. The number of fused-ring (bicyclic) bond motifs is 3. The zero-order chi connectivity index (χ0) is 20.7. The van der Waals surface area contributed by atoms with Crippen LogP contribution in [-0.4, -0.2) is 21.0 Å². The molecular formula is C23H18N4O2S. The third-order valence-electron chi connectivity index (χ3n) is 5.08. The average molecular weight is 414 g/mol. The summed E-state index contributed by atoms with van der Waals surface area (Å²) >= 11 is 1.73. The van der Waals surface area contributed by atoms with Crippen molar-refractivity contribution in [2.75, 3.05) is 5.32 Å².